The van der Waals surface area contributed by atoms with E-state index in [9.17, 15) is 4.39 Å². The lowest BCUT2D eigenvalue weighted by Gasteiger charge is -2.16. The quantitative estimate of drug-likeness (QED) is 0.589. The molecular formula is C14H18FNS. The van der Waals surface area contributed by atoms with Crippen molar-refractivity contribution in [3.8, 4) is 12.3 Å². The molecule has 3 heteroatoms. The highest BCUT2D eigenvalue weighted by Crippen LogP contribution is 2.20. The highest BCUT2D eigenvalue weighted by atomic mass is 32.2. The van der Waals surface area contributed by atoms with Gasteiger partial charge in [-0.2, -0.15) is 0 Å². The molecule has 0 amide bonds. The van der Waals surface area contributed by atoms with Gasteiger partial charge in [0.05, 0.1) is 0 Å². The largest absolute Gasteiger partial charge is 0.313 e. The van der Waals surface area contributed by atoms with Crippen molar-refractivity contribution in [3.63, 3.8) is 0 Å². The molecule has 17 heavy (non-hydrogen) atoms. The van der Waals surface area contributed by atoms with Gasteiger partial charge in [0, 0.05) is 23.1 Å². The standard InChI is InChI=1S/C14H18FNS/c1-3-5-8-13(16-4-2)11-17-14-9-6-7-12(15)10-14/h1,6-7,9-10,13,16H,4-5,8,11H2,2H3. The molecule has 0 aromatic heterocycles. The number of terminal acetylenes is 1. The zero-order chi connectivity index (χ0) is 12.5. The van der Waals surface area contributed by atoms with Crippen LogP contribution in [0.15, 0.2) is 29.2 Å². The van der Waals surface area contributed by atoms with Crippen molar-refractivity contribution in [2.75, 3.05) is 12.3 Å². The molecule has 0 aliphatic carbocycles. The summed E-state index contributed by atoms with van der Waals surface area (Å²) in [7, 11) is 0. The maximum atomic E-state index is 13.0. The smallest absolute Gasteiger partial charge is 0.124 e. The average Bonchev–Trinajstić information content (AvgIpc) is 2.33. The number of hydrogen-bond acceptors (Lipinski definition) is 2. The van der Waals surface area contributed by atoms with Crippen LogP contribution in [-0.2, 0) is 0 Å². The Hall–Kier alpha value is -0.980. The summed E-state index contributed by atoms with van der Waals surface area (Å²) in [4.78, 5) is 0.966. The average molecular weight is 251 g/mol. The van der Waals surface area contributed by atoms with Crippen molar-refractivity contribution in [2.45, 2.75) is 30.7 Å². The molecule has 0 aliphatic heterocycles. The second kappa shape index (κ2) is 8.16. The van der Waals surface area contributed by atoms with E-state index in [-0.39, 0.29) is 5.82 Å². The topological polar surface area (TPSA) is 12.0 Å². The van der Waals surface area contributed by atoms with E-state index in [2.05, 4.69) is 18.2 Å². The number of nitrogens with one attached hydrogen (secondary N) is 1. The number of thioether (sulfide) groups is 1. The van der Waals surface area contributed by atoms with Crippen molar-refractivity contribution in [1.82, 2.24) is 5.32 Å². The van der Waals surface area contributed by atoms with Gasteiger partial charge in [-0.25, -0.2) is 4.39 Å². The third-order valence-electron chi connectivity index (χ3n) is 2.38. The highest BCUT2D eigenvalue weighted by molar-refractivity contribution is 7.99. The lowest BCUT2D eigenvalue weighted by atomic mass is 10.2. The molecule has 0 fully saturated rings. The summed E-state index contributed by atoms with van der Waals surface area (Å²) in [6.45, 7) is 3.01. The SMILES string of the molecule is C#CCCC(CSc1cccc(F)c1)NCC. The monoisotopic (exact) mass is 251 g/mol. The van der Waals surface area contributed by atoms with E-state index in [4.69, 9.17) is 6.42 Å². The van der Waals surface area contributed by atoms with Crippen LogP contribution in [0.4, 0.5) is 4.39 Å². The third-order valence-corrected chi connectivity index (χ3v) is 3.53. The van der Waals surface area contributed by atoms with Gasteiger partial charge in [0.2, 0.25) is 0 Å². The summed E-state index contributed by atoms with van der Waals surface area (Å²) >= 11 is 1.66. The Balaban J connectivity index is 2.43. The molecule has 1 rings (SSSR count). The zero-order valence-corrected chi connectivity index (χ0v) is 10.9. The fraction of sp³-hybridized carbons (Fsp3) is 0.429. The maximum absolute atomic E-state index is 13.0. The molecule has 0 saturated carbocycles. The molecule has 0 bridgehead atoms. The van der Waals surface area contributed by atoms with Gasteiger partial charge in [-0.15, -0.1) is 24.1 Å². The predicted molar refractivity (Wildman–Crippen MR) is 72.7 cm³/mol. The summed E-state index contributed by atoms with van der Waals surface area (Å²) in [5, 5.41) is 3.39. The van der Waals surface area contributed by atoms with Gasteiger partial charge in [0.15, 0.2) is 0 Å². The van der Waals surface area contributed by atoms with Crippen LogP contribution in [0.25, 0.3) is 0 Å². The summed E-state index contributed by atoms with van der Waals surface area (Å²) in [6, 6.07) is 7.09. The third kappa shape index (κ3) is 5.76. The fourth-order valence-electron chi connectivity index (χ4n) is 1.54. The van der Waals surface area contributed by atoms with Gasteiger partial charge in [-0.3, -0.25) is 0 Å². The first kappa shape index (κ1) is 14.1. The van der Waals surface area contributed by atoms with E-state index >= 15 is 0 Å². The number of halogens is 1. The van der Waals surface area contributed by atoms with Crippen LogP contribution in [0.5, 0.6) is 0 Å². The predicted octanol–water partition coefficient (Wildman–Crippen LogP) is 3.31. The Bertz CT molecular complexity index is 373. The van der Waals surface area contributed by atoms with E-state index in [1.807, 2.05) is 6.07 Å². The van der Waals surface area contributed by atoms with E-state index < -0.39 is 0 Å². The van der Waals surface area contributed by atoms with Crippen LogP contribution in [0, 0.1) is 18.2 Å². The minimum atomic E-state index is -0.182. The Morgan fingerprint density at radius 1 is 1.53 bits per heavy atom. The molecule has 0 heterocycles. The van der Waals surface area contributed by atoms with Crippen LogP contribution in [0.2, 0.25) is 0 Å². The first-order valence-corrected chi connectivity index (χ1v) is 6.80. The summed E-state index contributed by atoms with van der Waals surface area (Å²) < 4.78 is 13.0. The lowest BCUT2D eigenvalue weighted by Crippen LogP contribution is -2.30. The van der Waals surface area contributed by atoms with Gasteiger partial charge >= 0.3 is 0 Å². The van der Waals surface area contributed by atoms with E-state index in [1.54, 1.807) is 23.9 Å². The molecule has 0 saturated heterocycles. The lowest BCUT2D eigenvalue weighted by molar-refractivity contribution is 0.545. The van der Waals surface area contributed by atoms with E-state index in [0.717, 1.165) is 30.0 Å². The van der Waals surface area contributed by atoms with Gasteiger partial charge in [0.25, 0.3) is 0 Å². The Morgan fingerprint density at radius 3 is 3.00 bits per heavy atom. The van der Waals surface area contributed by atoms with Crippen molar-refractivity contribution in [2.24, 2.45) is 0 Å². The van der Waals surface area contributed by atoms with Crippen molar-refractivity contribution >= 4 is 11.8 Å². The van der Waals surface area contributed by atoms with Gasteiger partial charge < -0.3 is 5.32 Å². The molecule has 1 N–H and O–H groups in total. The van der Waals surface area contributed by atoms with Crippen molar-refractivity contribution in [1.29, 1.82) is 0 Å². The summed E-state index contributed by atoms with van der Waals surface area (Å²) in [6.07, 6.45) is 7.01. The van der Waals surface area contributed by atoms with Crippen molar-refractivity contribution < 1.29 is 4.39 Å². The molecule has 1 aromatic carbocycles. The first-order valence-electron chi connectivity index (χ1n) is 5.81. The number of benzene rings is 1. The first-order chi connectivity index (χ1) is 8.26. The molecule has 1 unspecified atom stereocenters. The van der Waals surface area contributed by atoms with Crippen LogP contribution in [-0.4, -0.2) is 18.3 Å². The van der Waals surface area contributed by atoms with Crippen LogP contribution < -0.4 is 5.32 Å². The van der Waals surface area contributed by atoms with Crippen LogP contribution in [0.3, 0.4) is 0 Å². The zero-order valence-electron chi connectivity index (χ0n) is 10.1. The minimum Gasteiger partial charge on any atom is -0.313 e. The number of hydrogen-bond donors (Lipinski definition) is 1. The van der Waals surface area contributed by atoms with Gasteiger partial charge in [0.1, 0.15) is 5.82 Å². The molecule has 0 aliphatic rings. The molecule has 1 atom stereocenters. The Labute approximate surface area is 107 Å². The second-order valence-electron chi connectivity index (χ2n) is 3.77. The van der Waals surface area contributed by atoms with Gasteiger partial charge in [-0.05, 0) is 31.2 Å². The summed E-state index contributed by atoms with van der Waals surface area (Å²) in [5.41, 5.74) is 0. The molecule has 1 aromatic rings. The molecule has 0 spiro atoms. The molecule has 1 nitrogen and oxygen atoms in total. The number of rotatable bonds is 7. The normalized spacial score (nSPS) is 12.1. The second-order valence-corrected chi connectivity index (χ2v) is 4.86. The van der Waals surface area contributed by atoms with Gasteiger partial charge in [-0.1, -0.05) is 13.0 Å². The molecular weight excluding hydrogens is 233 g/mol. The minimum absolute atomic E-state index is 0.182. The maximum Gasteiger partial charge on any atom is 0.124 e. The van der Waals surface area contributed by atoms with Crippen LogP contribution >= 0.6 is 11.8 Å². The summed E-state index contributed by atoms with van der Waals surface area (Å²) in [5.74, 6) is 3.39. The highest BCUT2D eigenvalue weighted by Gasteiger charge is 2.07. The van der Waals surface area contributed by atoms with E-state index in [0.29, 0.717) is 6.04 Å². The van der Waals surface area contributed by atoms with Crippen LogP contribution in [0.1, 0.15) is 19.8 Å². The molecule has 92 valence electrons. The van der Waals surface area contributed by atoms with Crippen molar-refractivity contribution in [3.05, 3.63) is 30.1 Å². The molecule has 0 radical (unpaired) electrons. The van der Waals surface area contributed by atoms with E-state index in [1.165, 1.54) is 6.07 Å². The Morgan fingerprint density at radius 2 is 2.35 bits per heavy atom. The fourth-order valence-corrected chi connectivity index (χ4v) is 2.59. The Kier molecular flexibility index (Phi) is 6.76.